The van der Waals surface area contributed by atoms with E-state index in [1.54, 1.807) is 13.2 Å². The molecule has 0 fully saturated rings. The Bertz CT molecular complexity index is 566. The molecule has 0 saturated carbocycles. The van der Waals surface area contributed by atoms with Gasteiger partial charge in [-0.05, 0) is 18.2 Å². The number of benzene rings is 1. The Kier molecular flexibility index (Phi) is 4.54. The highest BCUT2D eigenvalue weighted by atomic mass is 32.1. The summed E-state index contributed by atoms with van der Waals surface area (Å²) in [6.45, 7) is 0.906. The highest BCUT2D eigenvalue weighted by Crippen LogP contribution is 2.18. The Hall–Kier alpha value is -1.85. The molecule has 1 heterocycles. The molecule has 19 heavy (non-hydrogen) atoms. The molecule has 0 bridgehead atoms. The van der Waals surface area contributed by atoms with Crippen molar-refractivity contribution in [3.63, 3.8) is 0 Å². The molecular formula is C14H16N2O2S. The van der Waals surface area contributed by atoms with E-state index in [9.17, 15) is 4.79 Å². The number of hydrogen-bond donors (Lipinski definition) is 2. The van der Waals surface area contributed by atoms with Crippen molar-refractivity contribution < 1.29 is 9.53 Å². The van der Waals surface area contributed by atoms with Gasteiger partial charge in [-0.25, -0.2) is 0 Å². The standard InChI is InChI=1S/C14H16N2O2S/c1-18-12-5-3-2-4-10(12)9-16-14(17)13-7-6-11(8-15)19-13/h2-7H,8-9,15H2,1H3,(H,16,17). The second-order valence-corrected chi connectivity index (χ2v) is 5.13. The van der Waals surface area contributed by atoms with E-state index in [4.69, 9.17) is 10.5 Å². The van der Waals surface area contributed by atoms with Crippen molar-refractivity contribution in [2.75, 3.05) is 7.11 Å². The van der Waals surface area contributed by atoms with Crippen molar-refractivity contribution in [2.24, 2.45) is 5.73 Å². The van der Waals surface area contributed by atoms with Gasteiger partial charge in [0.2, 0.25) is 0 Å². The van der Waals surface area contributed by atoms with E-state index < -0.39 is 0 Å². The molecular weight excluding hydrogens is 260 g/mol. The van der Waals surface area contributed by atoms with E-state index >= 15 is 0 Å². The van der Waals surface area contributed by atoms with Crippen molar-refractivity contribution in [3.05, 3.63) is 51.7 Å². The Morgan fingerprint density at radius 2 is 2.11 bits per heavy atom. The van der Waals surface area contributed by atoms with Crippen LogP contribution in [0.1, 0.15) is 20.1 Å². The predicted molar refractivity (Wildman–Crippen MR) is 76.4 cm³/mol. The molecule has 0 aliphatic heterocycles. The summed E-state index contributed by atoms with van der Waals surface area (Å²) in [7, 11) is 1.62. The third kappa shape index (κ3) is 3.33. The average Bonchev–Trinajstić information content (AvgIpc) is 2.94. The topological polar surface area (TPSA) is 64.3 Å². The molecule has 2 aromatic rings. The average molecular weight is 276 g/mol. The summed E-state index contributed by atoms with van der Waals surface area (Å²) in [6.07, 6.45) is 0. The van der Waals surface area contributed by atoms with Crippen LogP contribution in [0.3, 0.4) is 0 Å². The summed E-state index contributed by atoms with van der Waals surface area (Å²) in [5, 5.41) is 2.88. The molecule has 0 atom stereocenters. The number of methoxy groups -OCH3 is 1. The van der Waals surface area contributed by atoms with E-state index in [2.05, 4.69) is 5.32 Å². The maximum Gasteiger partial charge on any atom is 0.261 e. The molecule has 0 aliphatic carbocycles. The van der Waals surface area contributed by atoms with Crippen LogP contribution in [-0.4, -0.2) is 13.0 Å². The largest absolute Gasteiger partial charge is 0.496 e. The zero-order valence-electron chi connectivity index (χ0n) is 10.7. The fraction of sp³-hybridized carbons (Fsp3) is 0.214. The minimum absolute atomic E-state index is 0.0874. The van der Waals surface area contributed by atoms with Gasteiger partial charge in [-0.15, -0.1) is 11.3 Å². The molecule has 0 radical (unpaired) electrons. The van der Waals surface area contributed by atoms with Gasteiger partial charge in [0, 0.05) is 23.5 Å². The number of amides is 1. The van der Waals surface area contributed by atoms with Crippen LogP contribution < -0.4 is 15.8 Å². The first-order valence-corrected chi connectivity index (χ1v) is 6.75. The SMILES string of the molecule is COc1ccccc1CNC(=O)c1ccc(CN)s1. The van der Waals surface area contributed by atoms with Crippen LogP contribution in [0.5, 0.6) is 5.75 Å². The smallest absolute Gasteiger partial charge is 0.261 e. The Labute approximate surface area is 116 Å². The van der Waals surface area contributed by atoms with Gasteiger partial charge in [-0.2, -0.15) is 0 Å². The van der Waals surface area contributed by atoms with Gasteiger partial charge in [0.05, 0.1) is 12.0 Å². The molecule has 1 amide bonds. The number of thiophene rings is 1. The third-order valence-corrected chi connectivity index (χ3v) is 3.82. The number of hydrogen-bond acceptors (Lipinski definition) is 4. The van der Waals surface area contributed by atoms with Crippen LogP contribution in [0.4, 0.5) is 0 Å². The molecule has 0 saturated heterocycles. The second kappa shape index (κ2) is 6.36. The molecule has 3 N–H and O–H groups in total. The lowest BCUT2D eigenvalue weighted by molar-refractivity contribution is 0.0955. The highest BCUT2D eigenvalue weighted by Gasteiger charge is 2.09. The van der Waals surface area contributed by atoms with Crippen LogP contribution in [0.15, 0.2) is 36.4 Å². The molecule has 2 rings (SSSR count). The fourth-order valence-corrected chi connectivity index (χ4v) is 2.52. The van der Waals surface area contributed by atoms with Gasteiger partial charge in [0.25, 0.3) is 5.91 Å². The number of carbonyl (C=O) groups excluding carboxylic acids is 1. The molecule has 0 spiro atoms. The van der Waals surface area contributed by atoms with E-state index in [1.807, 2.05) is 30.3 Å². The number of ether oxygens (including phenoxy) is 1. The fourth-order valence-electron chi connectivity index (χ4n) is 1.72. The van der Waals surface area contributed by atoms with Crippen LogP contribution in [0.2, 0.25) is 0 Å². The minimum Gasteiger partial charge on any atom is -0.496 e. The molecule has 100 valence electrons. The first-order valence-electron chi connectivity index (χ1n) is 5.93. The van der Waals surface area contributed by atoms with Crippen LogP contribution in [-0.2, 0) is 13.1 Å². The number of rotatable bonds is 5. The number of nitrogens with one attached hydrogen (secondary N) is 1. The Balaban J connectivity index is 2.00. The quantitative estimate of drug-likeness (QED) is 0.879. The predicted octanol–water partition coefficient (Wildman–Crippen LogP) is 2.15. The minimum atomic E-state index is -0.0874. The zero-order valence-corrected chi connectivity index (χ0v) is 11.5. The summed E-state index contributed by atoms with van der Waals surface area (Å²) in [5.41, 5.74) is 6.48. The molecule has 0 aliphatic rings. The molecule has 5 heteroatoms. The van der Waals surface area contributed by atoms with Crippen molar-refractivity contribution >= 4 is 17.2 Å². The normalized spacial score (nSPS) is 10.2. The lowest BCUT2D eigenvalue weighted by atomic mass is 10.2. The molecule has 4 nitrogen and oxygen atoms in total. The highest BCUT2D eigenvalue weighted by molar-refractivity contribution is 7.14. The molecule has 1 aromatic carbocycles. The maximum absolute atomic E-state index is 12.0. The molecule has 1 aromatic heterocycles. The van der Waals surface area contributed by atoms with Crippen molar-refractivity contribution in [2.45, 2.75) is 13.1 Å². The third-order valence-electron chi connectivity index (χ3n) is 2.72. The van der Waals surface area contributed by atoms with Gasteiger partial charge in [-0.1, -0.05) is 18.2 Å². The number of carbonyl (C=O) groups is 1. The lowest BCUT2D eigenvalue weighted by Crippen LogP contribution is -2.22. The van der Waals surface area contributed by atoms with E-state index in [0.717, 1.165) is 16.2 Å². The van der Waals surface area contributed by atoms with E-state index in [0.29, 0.717) is 18.0 Å². The summed E-state index contributed by atoms with van der Waals surface area (Å²) < 4.78 is 5.24. The van der Waals surface area contributed by atoms with Crippen molar-refractivity contribution in [3.8, 4) is 5.75 Å². The van der Waals surface area contributed by atoms with E-state index in [1.165, 1.54) is 11.3 Å². The van der Waals surface area contributed by atoms with Crippen molar-refractivity contribution in [1.29, 1.82) is 0 Å². The van der Waals surface area contributed by atoms with Gasteiger partial charge in [0.1, 0.15) is 5.75 Å². The van der Waals surface area contributed by atoms with E-state index in [-0.39, 0.29) is 5.91 Å². The monoisotopic (exact) mass is 276 g/mol. The molecule has 0 unspecified atom stereocenters. The summed E-state index contributed by atoms with van der Waals surface area (Å²) in [4.78, 5) is 13.6. The van der Waals surface area contributed by atoms with Gasteiger partial charge < -0.3 is 15.8 Å². The van der Waals surface area contributed by atoms with Gasteiger partial charge >= 0.3 is 0 Å². The summed E-state index contributed by atoms with van der Waals surface area (Å²) in [6, 6.07) is 11.3. The van der Waals surface area contributed by atoms with Crippen LogP contribution >= 0.6 is 11.3 Å². The Morgan fingerprint density at radius 1 is 1.32 bits per heavy atom. The number of para-hydroxylation sites is 1. The number of nitrogens with two attached hydrogens (primary N) is 1. The summed E-state index contributed by atoms with van der Waals surface area (Å²) in [5.74, 6) is 0.687. The first kappa shape index (κ1) is 13.6. The maximum atomic E-state index is 12.0. The second-order valence-electron chi connectivity index (χ2n) is 3.96. The summed E-state index contributed by atoms with van der Waals surface area (Å²) >= 11 is 1.42. The van der Waals surface area contributed by atoms with Crippen molar-refractivity contribution in [1.82, 2.24) is 5.32 Å². The van der Waals surface area contributed by atoms with Crippen LogP contribution in [0.25, 0.3) is 0 Å². The zero-order chi connectivity index (χ0) is 13.7. The lowest BCUT2D eigenvalue weighted by Gasteiger charge is -2.08. The van der Waals surface area contributed by atoms with Gasteiger partial charge in [-0.3, -0.25) is 4.79 Å². The van der Waals surface area contributed by atoms with Crippen LogP contribution in [0, 0.1) is 0 Å². The Morgan fingerprint density at radius 3 is 2.79 bits per heavy atom. The van der Waals surface area contributed by atoms with Gasteiger partial charge in [0.15, 0.2) is 0 Å². The first-order chi connectivity index (χ1) is 9.24.